The molecule has 0 aliphatic heterocycles. The van der Waals surface area contributed by atoms with Gasteiger partial charge in [0.2, 0.25) is 5.88 Å². The predicted octanol–water partition coefficient (Wildman–Crippen LogP) is 3.15. The highest BCUT2D eigenvalue weighted by molar-refractivity contribution is 5.95. The van der Waals surface area contributed by atoms with E-state index < -0.39 is 18.5 Å². The van der Waals surface area contributed by atoms with Crippen LogP contribution in [0.1, 0.15) is 15.9 Å². The smallest absolute Gasteiger partial charge is 0.338 e. The Hall–Kier alpha value is -3.61. The molecule has 0 bridgehead atoms. The number of esters is 1. The maximum absolute atomic E-state index is 11.9. The number of nitrogens with zero attached hydrogens (tertiary/aromatic N) is 1. The summed E-state index contributed by atoms with van der Waals surface area (Å²) in [5.41, 5.74) is 2.80. The van der Waals surface area contributed by atoms with E-state index in [9.17, 15) is 14.7 Å². The number of benzene rings is 2. The highest BCUT2D eigenvalue weighted by atomic mass is 16.5. The summed E-state index contributed by atoms with van der Waals surface area (Å²) < 4.78 is 9.99. The maximum Gasteiger partial charge on any atom is 0.338 e. The summed E-state index contributed by atoms with van der Waals surface area (Å²) in [6.45, 7) is 1.51. The van der Waals surface area contributed by atoms with E-state index in [-0.39, 0.29) is 17.2 Å². The summed E-state index contributed by atoms with van der Waals surface area (Å²) in [6.07, 6.45) is 0. The average Bonchev–Trinajstić information content (AvgIpc) is 3.09. The van der Waals surface area contributed by atoms with Crippen LogP contribution in [0.4, 0.5) is 5.88 Å². The van der Waals surface area contributed by atoms with Crippen LogP contribution in [0.25, 0.3) is 11.3 Å². The van der Waals surface area contributed by atoms with Gasteiger partial charge in [0, 0.05) is 11.6 Å². The Labute approximate surface area is 149 Å². The van der Waals surface area contributed by atoms with Gasteiger partial charge in [0.25, 0.3) is 5.91 Å². The first-order valence-electron chi connectivity index (χ1n) is 7.81. The Balaban J connectivity index is 1.54. The zero-order valence-corrected chi connectivity index (χ0v) is 13.9. The Morgan fingerprint density at radius 1 is 1.12 bits per heavy atom. The van der Waals surface area contributed by atoms with Crippen molar-refractivity contribution in [1.29, 1.82) is 0 Å². The van der Waals surface area contributed by atoms with Gasteiger partial charge in [-0.2, -0.15) is 0 Å². The first-order chi connectivity index (χ1) is 12.5. The summed E-state index contributed by atoms with van der Waals surface area (Å²) in [6, 6.07) is 14.8. The Morgan fingerprint density at radius 3 is 2.50 bits per heavy atom. The van der Waals surface area contributed by atoms with E-state index in [1.165, 1.54) is 24.3 Å². The van der Waals surface area contributed by atoms with Crippen LogP contribution >= 0.6 is 0 Å². The molecular weight excluding hydrogens is 336 g/mol. The van der Waals surface area contributed by atoms with Crippen LogP contribution in [-0.2, 0) is 9.53 Å². The van der Waals surface area contributed by atoms with Crippen LogP contribution in [0.5, 0.6) is 5.75 Å². The molecule has 1 amide bonds. The van der Waals surface area contributed by atoms with Crippen molar-refractivity contribution in [2.45, 2.75) is 6.92 Å². The fourth-order valence-corrected chi connectivity index (χ4v) is 2.18. The molecule has 2 aromatic carbocycles. The summed E-state index contributed by atoms with van der Waals surface area (Å²) in [7, 11) is 0. The minimum atomic E-state index is -0.668. The Kier molecular flexibility index (Phi) is 4.98. The Morgan fingerprint density at radius 2 is 1.81 bits per heavy atom. The van der Waals surface area contributed by atoms with Crippen molar-refractivity contribution in [3.05, 3.63) is 65.7 Å². The van der Waals surface area contributed by atoms with E-state index in [4.69, 9.17) is 9.26 Å². The van der Waals surface area contributed by atoms with Crippen LogP contribution in [0.3, 0.4) is 0 Å². The van der Waals surface area contributed by atoms with E-state index in [1.54, 1.807) is 6.07 Å². The van der Waals surface area contributed by atoms with E-state index in [2.05, 4.69) is 10.5 Å². The number of aromatic hydroxyl groups is 1. The second kappa shape index (κ2) is 7.52. The lowest BCUT2D eigenvalue weighted by molar-refractivity contribution is -0.119. The van der Waals surface area contributed by atoms with Gasteiger partial charge < -0.3 is 14.4 Å². The molecule has 0 aliphatic carbocycles. The summed E-state index contributed by atoms with van der Waals surface area (Å²) in [5.74, 6) is -1.03. The van der Waals surface area contributed by atoms with Crippen molar-refractivity contribution in [3.63, 3.8) is 0 Å². The number of nitrogens with one attached hydrogen (secondary N) is 1. The van der Waals surface area contributed by atoms with Crippen LogP contribution in [0.15, 0.2) is 59.1 Å². The lowest BCUT2D eigenvalue weighted by Crippen LogP contribution is -2.20. The third-order valence-corrected chi connectivity index (χ3v) is 3.56. The lowest BCUT2D eigenvalue weighted by atomic mass is 10.1. The number of ether oxygens (including phenoxy) is 1. The summed E-state index contributed by atoms with van der Waals surface area (Å²) >= 11 is 0. The van der Waals surface area contributed by atoms with E-state index in [0.29, 0.717) is 5.69 Å². The second-order valence-corrected chi connectivity index (χ2v) is 5.61. The number of hydrogen-bond donors (Lipinski definition) is 2. The molecule has 0 unspecified atom stereocenters. The van der Waals surface area contributed by atoms with Crippen LogP contribution in [0.2, 0.25) is 0 Å². The number of phenols is 1. The molecular formula is C19H16N2O5. The van der Waals surface area contributed by atoms with Gasteiger partial charge in [0.05, 0.1) is 5.56 Å². The number of carbonyl (C=O) groups excluding carboxylic acids is 2. The zero-order valence-electron chi connectivity index (χ0n) is 13.9. The molecule has 1 aromatic heterocycles. The van der Waals surface area contributed by atoms with Crippen molar-refractivity contribution in [2.75, 3.05) is 11.9 Å². The number of aromatic nitrogens is 1. The first-order valence-corrected chi connectivity index (χ1v) is 7.81. The lowest BCUT2D eigenvalue weighted by Gasteiger charge is -2.04. The number of carbonyl (C=O) groups is 2. The fraction of sp³-hybridized carbons (Fsp3) is 0.105. The molecule has 26 heavy (non-hydrogen) atoms. The molecule has 0 radical (unpaired) electrons. The van der Waals surface area contributed by atoms with Gasteiger partial charge in [-0.05, 0) is 31.2 Å². The number of aryl methyl sites for hydroxylation is 1. The molecule has 7 nitrogen and oxygen atoms in total. The molecule has 132 valence electrons. The number of rotatable bonds is 5. The molecule has 3 rings (SSSR count). The van der Waals surface area contributed by atoms with Gasteiger partial charge in [-0.3, -0.25) is 10.1 Å². The molecule has 3 aromatic rings. The van der Waals surface area contributed by atoms with Gasteiger partial charge >= 0.3 is 5.97 Å². The third-order valence-electron chi connectivity index (χ3n) is 3.56. The van der Waals surface area contributed by atoms with E-state index in [1.807, 2.05) is 31.2 Å². The fourth-order valence-electron chi connectivity index (χ4n) is 2.18. The summed E-state index contributed by atoms with van der Waals surface area (Å²) in [4.78, 5) is 23.7. The van der Waals surface area contributed by atoms with Crippen molar-refractivity contribution in [2.24, 2.45) is 0 Å². The number of amides is 1. The molecule has 0 atom stereocenters. The zero-order chi connectivity index (χ0) is 18.5. The highest BCUT2D eigenvalue weighted by Crippen LogP contribution is 2.22. The molecule has 7 heteroatoms. The molecule has 0 saturated heterocycles. The van der Waals surface area contributed by atoms with Crippen LogP contribution in [0, 0.1) is 6.92 Å². The SMILES string of the molecule is Cc1ccc(-c2cc(NC(=O)COC(=O)c3ccc(O)cc3)on2)cc1. The van der Waals surface area contributed by atoms with Gasteiger partial charge in [0.15, 0.2) is 6.61 Å². The van der Waals surface area contributed by atoms with Crippen molar-refractivity contribution in [3.8, 4) is 17.0 Å². The predicted molar refractivity (Wildman–Crippen MR) is 93.7 cm³/mol. The maximum atomic E-state index is 11.9. The van der Waals surface area contributed by atoms with Crippen LogP contribution < -0.4 is 5.32 Å². The molecule has 1 heterocycles. The van der Waals surface area contributed by atoms with Gasteiger partial charge in [-0.15, -0.1) is 0 Å². The standard InChI is InChI=1S/C19H16N2O5/c1-12-2-4-13(5-3-12)16-10-18(26-21-16)20-17(23)11-25-19(24)14-6-8-15(22)9-7-14/h2-10,22H,11H2,1H3,(H,20,23). The second-order valence-electron chi connectivity index (χ2n) is 5.61. The van der Waals surface area contributed by atoms with Crippen molar-refractivity contribution >= 4 is 17.8 Å². The van der Waals surface area contributed by atoms with E-state index >= 15 is 0 Å². The topological polar surface area (TPSA) is 102 Å². The van der Waals surface area contributed by atoms with Crippen LogP contribution in [-0.4, -0.2) is 28.7 Å². The number of phenolic OH excluding ortho intramolecular Hbond substituents is 1. The molecule has 0 aliphatic rings. The third kappa shape index (κ3) is 4.27. The quantitative estimate of drug-likeness (QED) is 0.684. The average molecular weight is 352 g/mol. The monoisotopic (exact) mass is 352 g/mol. The summed E-state index contributed by atoms with van der Waals surface area (Å²) in [5, 5.41) is 15.6. The molecule has 0 spiro atoms. The first kappa shape index (κ1) is 17.2. The number of anilines is 1. The molecule has 0 saturated carbocycles. The molecule has 0 fully saturated rings. The minimum Gasteiger partial charge on any atom is -0.508 e. The largest absolute Gasteiger partial charge is 0.508 e. The minimum absolute atomic E-state index is 0.0361. The van der Waals surface area contributed by atoms with Crippen molar-refractivity contribution < 1.29 is 24.0 Å². The highest BCUT2D eigenvalue weighted by Gasteiger charge is 2.13. The molecule has 2 N–H and O–H groups in total. The van der Waals surface area contributed by atoms with Gasteiger partial charge in [-0.25, -0.2) is 4.79 Å². The Bertz CT molecular complexity index is 914. The normalized spacial score (nSPS) is 10.3. The van der Waals surface area contributed by atoms with Gasteiger partial charge in [0.1, 0.15) is 11.4 Å². The van der Waals surface area contributed by atoms with Crippen molar-refractivity contribution in [1.82, 2.24) is 5.16 Å². The van der Waals surface area contributed by atoms with E-state index in [0.717, 1.165) is 11.1 Å². The van der Waals surface area contributed by atoms with Gasteiger partial charge in [-0.1, -0.05) is 35.0 Å². The number of hydrogen-bond acceptors (Lipinski definition) is 6.